The number of non-ortho nitro benzene ring substituents is 1. The molecule has 20 heavy (non-hydrogen) atoms. The number of carbonyl (C=O) groups excluding carboxylic acids is 1. The van der Waals surface area contributed by atoms with Gasteiger partial charge in [0.05, 0.1) is 11.3 Å². The molecule has 0 fully saturated rings. The highest BCUT2D eigenvalue weighted by molar-refractivity contribution is 5.78. The molecule has 0 unspecified atom stereocenters. The standard InChI is InChI=1S/C14H21N3O3/c1-11(10-16(2)3)9-15-14(18)8-12-4-6-13(7-5-12)17(19)20/h4-7,11H,8-10H2,1-3H3,(H,15,18)/t11-/m0/s1. The summed E-state index contributed by atoms with van der Waals surface area (Å²) < 4.78 is 0. The van der Waals surface area contributed by atoms with Gasteiger partial charge in [-0.25, -0.2) is 0 Å². The molecule has 1 rings (SSSR count). The van der Waals surface area contributed by atoms with E-state index in [1.807, 2.05) is 14.1 Å². The van der Waals surface area contributed by atoms with Crippen LogP contribution in [0.1, 0.15) is 12.5 Å². The number of nitrogens with one attached hydrogen (secondary N) is 1. The second-order valence-corrected chi connectivity index (χ2v) is 5.27. The predicted molar refractivity (Wildman–Crippen MR) is 77.5 cm³/mol. The summed E-state index contributed by atoms with van der Waals surface area (Å²) in [6.07, 6.45) is 0.243. The fraction of sp³-hybridized carbons (Fsp3) is 0.500. The van der Waals surface area contributed by atoms with Gasteiger partial charge < -0.3 is 10.2 Å². The van der Waals surface area contributed by atoms with Crippen molar-refractivity contribution in [2.45, 2.75) is 13.3 Å². The highest BCUT2D eigenvalue weighted by Crippen LogP contribution is 2.12. The summed E-state index contributed by atoms with van der Waals surface area (Å²) in [4.78, 5) is 23.9. The molecule has 0 saturated heterocycles. The molecule has 0 bridgehead atoms. The predicted octanol–water partition coefficient (Wildman–Crippen LogP) is 1.45. The summed E-state index contributed by atoms with van der Waals surface area (Å²) in [5.74, 6) is 0.315. The number of amides is 1. The fourth-order valence-electron chi connectivity index (χ4n) is 1.96. The molecule has 1 amide bonds. The van der Waals surface area contributed by atoms with Crippen LogP contribution in [0.25, 0.3) is 0 Å². The van der Waals surface area contributed by atoms with E-state index in [2.05, 4.69) is 17.1 Å². The lowest BCUT2D eigenvalue weighted by molar-refractivity contribution is -0.384. The van der Waals surface area contributed by atoms with Crippen LogP contribution in [0.4, 0.5) is 5.69 Å². The van der Waals surface area contributed by atoms with Gasteiger partial charge in [0.25, 0.3) is 5.69 Å². The second-order valence-electron chi connectivity index (χ2n) is 5.27. The molecule has 0 radical (unpaired) electrons. The molecule has 1 N–H and O–H groups in total. The Morgan fingerprint density at radius 3 is 2.45 bits per heavy atom. The van der Waals surface area contributed by atoms with E-state index in [1.165, 1.54) is 12.1 Å². The maximum Gasteiger partial charge on any atom is 0.269 e. The molecule has 0 heterocycles. The third kappa shape index (κ3) is 5.79. The van der Waals surface area contributed by atoms with Crippen LogP contribution < -0.4 is 5.32 Å². The van der Waals surface area contributed by atoms with Crippen LogP contribution in [0, 0.1) is 16.0 Å². The molecule has 110 valence electrons. The van der Waals surface area contributed by atoms with Crippen LogP contribution in [0.3, 0.4) is 0 Å². The lowest BCUT2D eigenvalue weighted by atomic mass is 10.1. The maximum absolute atomic E-state index is 11.8. The van der Waals surface area contributed by atoms with Crippen molar-refractivity contribution in [3.8, 4) is 0 Å². The zero-order valence-corrected chi connectivity index (χ0v) is 12.1. The van der Waals surface area contributed by atoms with Crippen molar-refractivity contribution >= 4 is 11.6 Å². The summed E-state index contributed by atoms with van der Waals surface area (Å²) >= 11 is 0. The van der Waals surface area contributed by atoms with Gasteiger partial charge in [0, 0.05) is 25.2 Å². The van der Waals surface area contributed by atoms with Crippen LogP contribution in [0.5, 0.6) is 0 Å². The Balaban J connectivity index is 2.40. The monoisotopic (exact) mass is 279 g/mol. The zero-order valence-electron chi connectivity index (χ0n) is 12.1. The Kier molecular flexibility index (Phi) is 6.11. The van der Waals surface area contributed by atoms with E-state index in [0.717, 1.165) is 12.1 Å². The number of nitro groups is 1. The number of hydrogen-bond acceptors (Lipinski definition) is 4. The first kappa shape index (κ1) is 16.1. The number of nitrogens with zero attached hydrogens (tertiary/aromatic N) is 2. The summed E-state index contributed by atoms with van der Waals surface area (Å²) in [5.41, 5.74) is 0.808. The largest absolute Gasteiger partial charge is 0.355 e. The Bertz CT molecular complexity index is 457. The van der Waals surface area contributed by atoms with E-state index in [1.54, 1.807) is 12.1 Å². The van der Waals surface area contributed by atoms with Crippen LogP contribution in [-0.2, 0) is 11.2 Å². The van der Waals surface area contributed by atoms with E-state index < -0.39 is 4.92 Å². The highest BCUT2D eigenvalue weighted by Gasteiger charge is 2.09. The van der Waals surface area contributed by atoms with E-state index in [9.17, 15) is 14.9 Å². The lowest BCUT2D eigenvalue weighted by Crippen LogP contribution is -2.33. The summed E-state index contributed by atoms with van der Waals surface area (Å²) in [6.45, 7) is 3.62. The number of hydrogen-bond donors (Lipinski definition) is 1. The number of rotatable bonds is 7. The Morgan fingerprint density at radius 2 is 1.95 bits per heavy atom. The number of benzene rings is 1. The molecule has 0 aliphatic heterocycles. The van der Waals surface area contributed by atoms with Gasteiger partial charge in [-0.1, -0.05) is 19.1 Å². The van der Waals surface area contributed by atoms with E-state index in [0.29, 0.717) is 12.5 Å². The molecule has 0 spiro atoms. The lowest BCUT2D eigenvalue weighted by Gasteiger charge is -2.17. The average molecular weight is 279 g/mol. The van der Waals surface area contributed by atoms with Crippen molar-refractivity contribution in [1.29, 1.82) is 0 Å². The van der Waals surface area contributed by atoms with Gasteiger partial charge in [-0.15, -0.1) is 0 Å². The first-order valence-electron chi connectivity index (χ1n) is 6.53. The molecule has 1 aromatic rings. The molecule has 6 heteroatoms. The minimum atomic E-state index is -0.452. The Morgan fingerprint density at radius 1 is 1.35 bits per heavy atom. The normalized spacial score (nSPS) is 12.2. The first-order chi connectivity index (χ1) is 9.38. The third-order valence-corrected chi connectivity index (χ3v) is 2.84. The fourth-order valence-corrected chi connectivity index (χ4v) is 1.96. The number of carbonyl (C=O) groups is 1. The third-order valence-electron chi connectivity index (χ3n) is 2.84. The van der Waals surface area contributed by atoms with Crippen LogP contribution in [0.2, 0.25) is 0 Å². The van der Waals surface area contributed by atoms with Gasteiger partial charge in [0.2, 0.25) is 5.91 Å². The Hall–Kier alpha value is -1.95. The van der Waals surface area contributed by atoms with Gasteiger partial charge in [-0.05, 0) is 25.6 Å². The molecule has 6 nitrogen and oxygen atoms in total. The van der Waals surface area contributed by atoms with Crippen molar-refractivity contribution in [3.05, 3.63) is 39.9 Å². The van der Waals surface area contributed by atoms with Gasteiger partial charge in [-0.3, -0.25) is 14.9 Å². The second kappa shape index (κ2) is 7.59. The van der Waals surface area contributed by atoms with Crippen LogP contribution in [0.15, 0.2) is 24.3 Å². The molecular formula is C14H21N3O3. The molecule has 0 aliphatic carbocycles. The van der Waals surface area contributed by atoms with E-state index in [4.69, 9.17) is 0 Å². The molecule has 0 aromatic heterocycles. The van der Waals surface area contributed by atoms with Crippen molar-refractivity contribution < 1.29 is 9.72 Å². The highest BCUT2D eigenvalue weighted by atomic mass is 16.6. The summed E-state index contributed by atoms with van der Waals surface area (Å²) in [6, 6.07) is 6.05. The minimum Gasteiger partial charge on any atom is -0.355 e. The molecular weight excluding hydrogens is 258 g/mol. The van der Waals surface area contributed by atoms with Crippen molar-refractivity contribution in [2.75, 3.05) is 27.2 Å². The van der Waals surface area contributed by atoms with E-state index >= 15 is 0 Å². The first-order valence-corrected chi connectivity index (χ1v) is 6.53. The van der Waals surface area contributed by atoms with Crippen molar-refractivity contribution in [3.63, 3.8) is 0 Å². The maximum atomic E-state index is 11.8. The van der Waals surface area contributed by atoms with Gasteiger partial charge in [0.15, 0.2) is 0 Å². The van der Waals surface area contributed by atoms with Crippen LogP contribution >= 0.6 is 0 Å². The molecule has 0 saturated carbocycles. The molecule has 0 aliphatic rings. The van der Waals surface area contributed by atoms with Gasteiger partial charge >= 0.3 is 0 Å². The van der Waals surface area contributed by atoms with E-state index in [-0.39, 0.29) is 18.0 Å². The van der Waals surface area contributed by atoms with Crippen molar-refractivity contribution in [1.82, 2.24) is 10.2 Å². The molecule has 1 atom stereocenters. The van der Waals surface area contributed by atoms with Gasteiger partial charge in [0.1, 0.15) is 0 Å². The smallest absolute Gasteiger partial charge is 0.269 e. The number of nitro benzene ring substituents is 1. The average Bonchev–Trinajstić information content (AvgIpc) is 2.36. The topological polar surface area (TPSA) is 75.5 Å². The van der Waals surface area contributed by atoms with Crippen molar-refractivity contribution in [2.24, 2.45) is 5.92 Å². The Labute approximate surface area is 118 Å². The SMILES string of the molecule is C[C@@H](CNC(=O)Cc1ccc([N+](=O)[O-])cc1)CN(C)C. The summed E-state index contributed by atoms with van der Waals surface area (Å²) in [7, 11) is 3.99. The minimum absolute atomic E-state index is 0.0359. The molecule has 1 aromatic carbocycles. The zero-order chi connectivity index (χ0) is 15.1. The summed E-state index contributed by atoms with van der Waals surface area (Å²) in [5, 5.41) is 13.4. The quantitative estimate of drug-likeness (QED) is 0.605. The van der Waals surface area contributed by atoms with Crippen LogP contribution in [-0.4, -0.2) is 42.9 Å². The van der Waals surface area contributed by atoms with Gasteiger partial charge in [-0.2, -0.15) is 0 Å².